The second-order valence-electron chi connectivity index (χ2n) is 6.00. The molecule has 0 unspecified atom stereocenters. The predicted molar refractivity (Wildman–Crippen MR) is 102 cm³/mol. The molecule has 3 rings (SSSR count). The maximum atomic E-state index is 11.8. The van der Waals surface area contributed by atoms with Crippen LogP contribution in [0.3, 0.4) is 0 Å². The van der Waals surface area contributed by atoms with E-state index in [4.69, 9.17) is 18.9 Å². The topological polar surface area (TPSA) is 83.1 Å². The third kappa shape index (κ3) is 5.51. The molecule has 0 atom stereocenters. The van der Waals surface area contributed by atoms with Crippen LogP contribution in [0.5, 0.6) is 17.2 Å². The van der Waals surface area contributed by atoms with Crippen molar-refractivity contribution >= 4 is 18.0 Å². The van der Waals surface area contributed by atoms with Gasteiger partial charge in [0.2, 0.25) is 6.79 Å². The number of rotatable bonds is 8. The standard InChI is InChI=1S/C21H21NO6/c1-25-17-6-2-15(3-7-17)10-11-22-20(23)13-26-21(24)9-5-16-4-8-18-19(12-16)28-14-27-18/h2-9,12H,10-11,13-14H2,1H3,(H,22,23). The van der Waals surface area contributed by atoms with Crippen LogP contribution in [0.4, 0.5) is 0 Å². The normalized spacial score (nSPS) is 12.0. The lowest BCUT2D eigenvalue weighted by atomic mass is 10.1. The molecule has 1 amide bonds. The van der Waals surface area contributed by atoms with Crippen molar-refractivity contribution in [2.24, 2.45) is 0 Å². The van der Waals surface area contributed by atoms with E-state index in [9.17, 15) is 9.59 Å². The molecule has 0 saturated carbocycles. The quantitative estimate of drug-likeness (QED) is 0.557. The number of carbonyl (C=O) groups excluding carboxylic acids is 2. The molecular formula is C21H21NO6. The summed E-state index contributed by atoms with van der Waals surface area (Å²) in [6.07, 6.45) is 3.53. The number of methoxy groups -OCH3 is 1. The average molecular weight is 383 g/mol. The molecule has 0 aliphatic carbocycles. The smallest absolute Gasteiger partial charge is 0.331 e. The number of benzene rings is 2. The lowest BCUT2D eigenvalue weighted by molar-refractivity contribution is -0.143. The van der Waals surface area contributed by atoms with E-state index in [1.165, 1.54) is 6.08 Å². The fourth-order valence-electron chi connectivity index (χ4n) is 2.56. The van der Waals surface area contributed by atoms with Gasteiger partial charge in [-0.1, -0.05) is 18.2 Å². The summed E-state index contributed by atoms with van der Waals surface area (Å²) in [5.41, 5.74) is 1.84. The highest BCUT2D eigenvalue weighted by Gasteiger charge is 2.12. The van der Waals surface area contributed by atoms with Crippen LogP contribution in [0.25, 0.3) is 6.08 Å². The maximum absolute atomic E-state index is 11.8. The predicted octanol–water partition coefficient (Wildman–Crippen LogP) is 2.34. The van der Waals surface area contributed by atoms with Gasteiger partial charge in [0.15, 0.2) is 18.1 Å². The summed E-state index contributed by atoms with van der Waals surface area (Å²) in [7, 11) is 1.61. The Morgan fingerprint density at radius 2 is 1.89 bits per heavy atom. The van der Waals surface area contributed by atoms with E-state index < -0.39 is 5.97 Å². The zero-order valence-electron chi connectivity index (χ0n) is 15.5. The number of esters is 1. The summed E-state index contributed by atoms with van der Waals surface area (Å²) in [5, 5.41) is 2.72. The Labute approximate surface area is 162 Å². The molecule has 0 aromatic heterocycles. The zero-order chi connectivity index (χ0) is 19.8. The molecule has 1 heterocycles. The summed E-state index contributed by atoms with van der Waals surface area (Å²) >= 11 is 0. The Morgan fingerprint density at radius 1 is 1.11 bits per heavy atom. The van der Waals surface area contributed by atoms with Gasteiger partial charge in [0, 0.05) is 12.6 Å². The second kappa shape index (κ2) is 9.45. The van der Waals surface area contributed by atoms with Gasteiger partial charge in [-0.2, -0.15) is 0 Å². The largest absolute Gasteiger partial charge is 0.497 e. The summed E-state index contributed by atoms with van der Waals surface area (Å²) in [6.45, 7) is 0.320. The molecule has 0 saturated heterocycles. The maximum Gasteiger partial charge on any atom is 0.331 e. The van der Waals surface area contributed by atoms with Crippen molar-refractivity contribution in [3.05, 3.63) is 59.7 Å². The fourth-order valence-corrected chi connectivity index (χ4v) is 2.56. The van der Waals surface area contributed by atoms with E-state index in [-0.39, 0.29) is 19.3 Å². The van der Waals surface area contributed by atoms with Gasteiger partial charge in [0.05, 0.1) is 7.11 Å². The van der Waals surface area contributed by atoms with Gasteiger partial charge >= 0.3 is 5.97 Å². The van der Waals surface area contributed by atoms with Crippen molar-refractivity contribution < 1.29 is 28.5 Å². The Morgan fingerprint density at radius 3 is 2.68 bits per heavy atom. The molecule has 1 N–H and O–H groups in total. The highest BCUT2D eigenvalue weighted by Crippen LogP contribution is 2.32. The SMILES string of the molecule is COc1ccc(CCNC(=O)COC(=O)C=Cc2ccc3c(c2)OCO3)cc1. The molecule has 146 valence electrons. The minimum atomic E-state index is -0.594. The van der Waals surface area contributed by atoms with E-state index in [1.807, 2.05) is 24.3 Å². The van der Waals surface area contributed by atoms with Crippen molar-refractivity contribution in [3.8, 4) is 17.2 Å². The first kappa shape index (κ1) is 19.3. The van der Waals surface area contributed by atoms with Crippen molar-refractivity contribution in [2.75, 3.05) is 27.1 Å². The van der Waals surface area contributed by atoms with Gasteiger partial charge in [0.1, 0.15) is 5.75 Å². The van der Waals surface area contributed by atoms with Crippen molar-refractivity contribution in [1.82, 2.24) is 5.32 Å². The second-order valence-corrected chi connectivity index (χ2v) is 6.00. The Hall–Kier alpha value is -3.48. The van der Waals surface area contributed by atoms with Crippen molar-refractivity contribution in [3.63, 3.8) is 0 Å². The van der Waals surface area contributed by atoms with Crippen LogP contribution in [-0.4, -0.2) is 38.9 Å². The zero-order valence-corrected chi connectivity index (χ0v) is 15.5. The number of hydrogen-bond donors (Lipinski definition) is 1. The Balaban J connectivity index is 1.36. The molecular weight excluding hydrogens is 362 g/mol. The minimum Gasteiger partial charge on any atom is -0.497 e. The van der Waals surface area contributed by atoms with Gasteiger partial charge in [-0.05, 0) is 47.9 Å². The number of fused-ring (bicyclic) bond motifs is 1. The van der Waals surface area contributed by atoms with Crippen molar-refractivity contribution in [1.29, 1.82) is 0 Å². The Kier molecular flexibility index (Phi) is 6.51. The highest BCUT2D eigenvalue weighted by molar-refractivity contribution is 5.89. The minimum absolute atomic E-state index is 0.193. The molecule has 2 aromatic rings. The van der Waals surface area contributed by atoms with Crippen LogP contribution in [0.1, 0.15) is 11.1 Å². The van der Waals surface area contributed by atoms with Crippen LogP contribution in [-0.2, 0) is 20.7 Å². The molecule has 0 bridgehead atoms. The van der Waals surface area contributed by atoms with E-state index >= 15 is 0 Å². The molecule has 7 nitrogen and oxygen atoms in total. The van der Waals surface area contributed by atoms with Gasteiger partial charge in [0.25, 0.3) is 5.91 Å². The molecule has 0 fully saturated rings. The van der Waals surface area contributed by atoms with Gasteiger partial charge < -0.3 is 24.3 Å². The van der Waals surface area contributed by atoms with Crippen LogP contribution in [0.2, 0.25) is 0 Å². The van der Waals surface area contributed by atoms with Crippen LogP contribution in [0, 0.1) is 0 Å². The van der Waals surface area contributed by atoms with Gasteiger partial charge in [-0.3, -0.25) is 4.79 Å². The highest BCUT2D eigenvalue weighted by atomic mass is 16.7. The lowest BCUT2D eigenvalue weighted by Gasteiger charge is -2.06. The number of carbonyl (C=O) groups is 2. The van der Waals surface area contributed by atoms with Gasteiger partial charge in [-0.15, -0.1) is 0 Å². The summed E-state index contributed by atoms with van der Waals surface area (Å²) in [5.74, 6) is 1.15. The molecule has 28 heavy (non-hydrogen) atoms. The molecule has 0 spiro atoms. The van der Waals surface area contributed by atoms with Crippen LogP contribution >= 0.6 is 0 Å². The number of ether oxygens (including phenoxy) is 4. The Bertz CT molecular complexity index is 860. The molecule has 2 aromatic carbocycles. The van der Waals surface area contributed by atoms with E-state index in [0.717, 1.165) is 16.9 Å². The lowest BCUT2D eigenvalue weighted by Crippen LogP contribution is -2.30. The third-order valence-corrected chi connectivity index (χ3v) is 4.05. The summed E-state index contributed by atoms with van der Waals surface area (Å²) < 4.78 is 20.5. The molecule has 1 aliphatic heterocycles. The first-order valence-electron chi connectivity index (χ1n) is 8.78. The number of nitrogens with one attached hydrogen (secondary N) is 1. The first-order chi connectivity index (χ1) is 13.6. The molecule has 0 radical (unpaired) electrons. The van der Waals surface area contributed by atoms with Crippen LogP contribution < -0.4 is 19.5 Å². The van der Waals surface area contributed by atoms with E-state index in [0.29, 0.717) is 24.5 Å². The van der Waals surface area contributed by atoms with E-state index in [1.54, 1.807) is 31.4 Å². The summed E-state index contributed by atoms with van der Waals surface area (Å²) in [4.78, 5) is 23.5. The summed E-state index contributed by atoms with van der Waals surface area (Å²) in [6, 6.07) is 12.9. The van der Waals surface area contributed by atoms with Crippen LogP contribution in [0.15, 0.2) is 48.5 Å². The van der Waals surface area contributed by atoms with Crippen molar-refractivity contribution in [2.45, 2.75) is 6.42 Å². The first-order valence-corrected chi connectivity index (χ1v) is 8.78. The number of hydrogen-bond acceptors (Lipinski definition) is 6. The fraction of sp³-hybridized carbons (Fsp3) is 0.238. The molecule has 7 heteroatoms. The monoisotopic (exact) mass is 383 g/mol. The number of amides is 1. The van der Waals surface area contributed by atoms with Gasteiger partial charge in [-0.25, -0.2) is 4.79 Å². The molecule has 1 aliphatic rings. The third-order valence-electron chi connectivity index (χ3n) is 4.05. The van der Waals surface area contributed by atoms with E-state index in [2.05, 4.69) is 5.32 Å². The average Bonchev–Trinajstić information content (AvgIpc) is 3.19.